The minimum absolute atomic E-state index is 0.206. The molecule has 8 aromatic carbocycles. The van der Waals surface area contributed by atoms with E-state index < -0.39 is 0 Å². The Morgan fingerprint density at radius 1 is 0.352 bits per heavy atom. The average molecular weight is 710 g/mol. The van der Waals surface area contributed by atoms with Crippen LogP contribution in [0.3, 0.4) is 0 Å². The van der Waals surface area contributed by atoms with Crippen LogP contribution < -0.4 is 0 Å². The lowest BCUT2D eigenvalue weighted by molar-refractivity contribution is 1.04. The molecular weight excluding hydrogens is 682 g/mol. The molecule has 0 aliphatic carbocycles. The topological polar surface area (TPSA) is 40.6 Å². The van der Waals surface area contributed by atoms with Gasteiger partial charge in [-0.05, 0) is 93.8 Å². The average Bonchev–Trinajstić information content (AvgIpc) is 3.84. The molecule has 0 aliphatic heterocycles. The molecule has 0 radical (unpaired) electrons. The molecule has 0 unspecified atom stereocenters. The zero-order chi connectivity index (χ0) is 35.5. The van der Waals surface area contributed by atoms with E-state index in [-0.39, 0.29) is 5.28 Å². The highest BCUT2D eigenvalue weighted by Gasteiger charge is 2.25. The van der Waals surface area contributed by atoms with Crippen molar-refractivity contribution in [3.8, 4) is 17.2 Å². The number of fused-ring (bicyclic) bond motifs is 11. The number of aromatic nitrogens is 5. The molecule has 0 saturated heterocycles. The van der Waals surface area contributed by atoms with Crippen LogP contribution in [0.15, 0.2) is 170 Å². The third kappa shape index (κ3) is 4.10. The zero-order valence-electron chi connectivity index (χ0n) is 28.8. The molecular formula is C48H28ClN5. The van der Waals surface area contributed by atoms with Crippen LogP contribution in [0, 0.1) is 0 Å². The van der Waals surface area contributed by atoms with Gasteiger partial charge in [0.15, 0.2) is 5.82 Å². The van der Waals surface area contributed by atoms with Gasteiger partial charge in [0.05, 0.1) is 27.6 Å². The highest BCUT2D eigenvalue weighted by atomic mass is 35.5. The van der Waals surface area contributed by atoms with Crippen molar-refractivity contribution in [2.24, 2.45) is 0 Å². The Morgan fingerprint density at radius 3 is 1.63 bits per heavy atom. The smallest absolute Gasteiger partial charge is 0.225 e. The third-order valence-corrected chi connectivity index (χ3v) is 11.3. The highest BCUT2D eigenvalue weighted by Crippen LogP contribution is 2.43. The van der Waals surface area contributed by atoms with Crippen molar-refractivity contribution in [3.05, 3.63) is 175 Å². The molecule has 252 valence electrons. The summed E-state index contributed by atoms with van der Waals surface area (Å²) in [5, 5.41) is 10.6. The lowest BCUT2D eigenvalue weighted by atomic mass is 10.1. The first kappa shape index (κ1) is 29.6. The molecule has 0 amide bonds. The summed E-state index contributed by atoms with van der Waals surface area (Å²) in [6, 6.07) is 60.7. The number of nitrogens with zero attached hydrogens (tertiary/aromatic N) is 5. The van der Waals surface area contributed by atoms with Crippen LogP contribution in [-0.2, 0) is 0 Å². The molecule has 12 rings (SSSR count). The molecule has 4 heterocycles. The summed E-state index contributed by atoms with van der Waals surface area (Å²) in [5.41, 5.74) is 9.34. The van der Waals surface area contributed by atoms with Crippen LogP contribution in [0.1, 0.15) is 0 Å². The molecule has 0 aliphatic rings. The van der Waals surface area contributed by atoms with Gasteiger partial charge in [-0.25, -0.2) is 4.98 Å². The number of benzene rings is 8. The normalized spacial score (nSPS) is 12.2. The van der Waals surface area contributed by atoms with E-state index in [9.17, 15) is 0 Å². The van der Waals surface area contributed by atoms with E-state index in [1.54, 1.807) is 0 Å². The minimum atomic E-state index is 0.206. The van der Waals surface area contributed by atoms with Crippen LogP contribution >= 0.6 is 11.6 Å². The maximum atomic E-state index is 6.95. The van der Waals surface area contributed by atoms with Gasteiger partial charge in [-0.2, -0.15) is 4.98 Å². The molecule has 0 bridgehead atoms. The Hall–Kier alpha value is -6.95. The molecule has 0 atom stereocenters. The van der Waals surface area contributed by atoms with E-state index in [1.807, 2.05) is 6.07 Å². The zero-order valence-corrected chi connectivity index (χ0v) is 29.5. The summed E-state index contributed by atoms with van der Waals surface area (Å²) in [4.78, 5) is 10.1. The first-order valence-electron chi connectivity index (χ1n) is 18.1. The van der Waals surface area contributed by atoms with Crippen molar-refractivity contribution in [3.63, 3.8) is 0 Å². The van der Waals surface area contributed by atoms with E-state index in [0.717, 1.165) is 82.7 Å². The quantitative estimate of drug-likeness (QED) is 0.171. The minimum Gasteiger partial charge on any atom is -0.309 e. The summed E-state index contributed by atoms with van der Waals surface area (Å²) in [5.74, 6) is 0.734. The highest BCUT2D eigenvalue weighted by molar-refractivity contribution is 6.29. The predicted molar refractivity (Wildman–Crippen MR) is 225 cm³/mol. The van der Waals surface area contributed by atoms with Gasteiger partial charge in [0, 0.05) is 38.3 Å². The van der Waals surface area contributed by atoms with Gasteiger partial charge < -0.3 is 9.13 Å². The number of halogens is 1. The number of rotatable bonds is 3. The molecule has 54 heavy (non-hydrogen) atoms. The first-order chi connectivity index (χ1) is 26.7. The van der Waals surface area contributed by atoms with E-state index in [1.165, 1.54) is 21.5 Å². The number of hydrogen-bond donors (Lipinski definition) is 0. The first-order valence-corrected chi connectivity index (χ1v) is 18.5. The number of hydrogen-bond acceptors (Lipinski definition) is 2. The van der Waals surface area contributed by atoms with Crippen LogP contribution in [-0.4, -0.2) is 23.7 Å². The fourth-order valence-corrected chi connectivity index (χ4v) is 8.95. The SMILES string of the molecule is Clc1nc(-n2c3ccccc3c3cc4c(cc32)c2ccccc2n4-c2ccc3ccccc3c2)c2c(n1)c1cc3ccccc3cc1n2-c1ccccc1. The predicted octanol–water partition coefficient (Wildman–Crippen LogP) is 12.7. The standard InChI is InChI=1S/C48H28ClN5/c49-48-50-45-39-25-31-14-6-7-15-32(31)26-42(39)53(33-16-2-1-3-17-33)46(45)47(51-48)54-41-21-11-9-19-36(41)38-27-43-37(28-44(38)54)35-18-8-10-20-40(35)52(43)34-23-22-29-12-4-5-13-30(29)24-34/h1-28H. The van der Waals surface area contributed by atoms with Gasteiger partial charge >= 0.3 is 0 Å². The van der Waals surface area contributed by atoms with Crippen LogP contribution in [0.4, 0.5) is 0 Å². The molecule has 6 heteroatoms. The fourth-order valence-electron chi connectivity index (χ4n) is 8.79. The second-order valence-corrected chi connectivity index (χ2v) is 14.4. The van der Waals surface area contributed by atoms with Crippen molar-refractivity contribution in [1.29, 1.82) is 0 Å². The Labute approximate surface area is 313 Å². The van der Waals surface area contributed by atoms with E-state index >= 15 is 0 Å². The monoisotopic (exact) mass is 709 g/mol. The second kappa shape index (κ2) is 11.0. The molecule has 0 N–H and O–H groups in total. The van der Waals surface area contributed by atoms with Crippen molar-refractivity contribution in [1.82, 2.24) is 23.7 Å². The summed E-state index contributed by atoms with van der Waals surface area (Å²) in [7, 11) is 0. The van der Waals surface area contributed by atoms with Crippen molar-refractivity contribution in [2.45, 2.75) is 0 Å². The molecule has 0 spiro atoms. The summed E-state index contributed by atoms with van der Waals surface area (Å²) < 4.78 is 6.99. The van der Waals surface area contributed by atoms with E-state index in [4.69, 9.17) is 21.6 Å². The fraction of sp³-hybridized carbons (Fsp3) is 0. The van der Waals surface area contributed by atoms with Crippen LogP contribution in [0.5, 0.6) is 0 Å². The molecule has 4 aromatic heterocycles. The maximum Gasteiger partial charge on any atom is 0.225 e. The van der Waals surface area contributed by atoms with Crippen molar-refractivity contribution in [2.75, 3.05) is 0 Å². The Kier molecular flexibility index (Phi) is 6.05. The van der Waals surface area contributed by atoms with Gasteiger partial charge in [0.25, 0.3) is 0 Å². The lowest BCUT2D eigenvalue weighted by Crippen LogP contribution is -2.04. The largest absolute Gasteiger partial charge is 0.309 e. The Balaban J connectivity index is 1.24. The number of para-hydroxylation sites is 3. The van der Waals surface area contributed by atoms with Crippen molar-refractivity contribution < 1.29 is 0 Å². The summed E-state index contributed by atoms with van der Waals surface area (Å²) in [6.07, 6.45) is 0. The third-order valence-electron chi connectivity index (χ3n) is 11.1. The van der Waals surface area contributed by atoms with Gasteiger partial charge in [0.2, 0.25) is 5.28 Å². The van der Waals surface area contributed by atoms with Gasteiger partial charge in [0.1, 0.15) is 11.0 Å². The second-order valence-electron chi connectivity index (χ2n) is 14.0. The molecule has 0 saturated carbocycles. The van der Waals surface area contributed by atoms with Gasteiger partial charge in [-0.15, -0.1) is 0 Å². The maximum absolute atomic E-state index is 6.95. The Morgan fingerprint density at radius 2 is 0.907 bits per heavy atom. The molecule has 5 nitrogen and oxygen atoms in total. The Bertz CT molecular complexity index is 3520. The van der Waals surface area contributed by atoms with Gasteiger partial charge in [-0.3, -0.25) is 4.57 Å². The lowest BCUT2D eigenvalue weighted by Gasteiger charge is -2.13. The van der Waals surface area contributed by atoms with E-state index in [2.05, 4.69) is 177 Å². The van der Waals surface area contributed by atoms with E-state index in [0.29, 0.717) is 0 Å². The molecule has 12 aromatic rings. The van der Waals surface area contributed by atoms with Crippen LogP contribution in [0.25, 0.3) is 104 Å². The molecule has 0 fully saturated rings. The van der Waals surface area contributed by atoms with Crippen molar-refractivity contribution >= 4 is 98.7 Å². The summed E-state index contributed by atoms with van der Waals surface area (Å²) in [6.45, 7) is 0. The van der Waals surface area contributed by atoms with Gasteiger partial charge in [-0.1, -0.05) is 109 Å². The van der Waals surface area contributed by atoms with Crippen LogP contribution in [0.2, 0.25) is 5.28 Å². The summed E-state index contributed by atoms with van der Waals surface area (Å²) >= 11 is 6.95.